The summed E-state index contributed by atoms with van der Waals surface area (Å²) in [7, 11) is 0. The van der Waals surface area contributed by atoms with Gasteiger partial charge in [-0.15, -0.1) is 0 Å². The van der Waals surface area contributed by atoms with E-state index in [-0.39, 0.29) is 0 Å². The van der Waals surface area contributed by atoms with Crippen LogP contribution in [0, 0.1) is 0 Å². The van der Waals surface area contributed by atoms with E-state index in [1.54, 1.807) is 23.9 Å². The molecular weight excluding hydrogens is 342 g/mol. The predicted molar refractivity (Wildman–Crippen MR) is 96.0 cm³/mol. The molecule has 4 rings (SSSR count). The molecule has 0 saturated carbocycles. The fourth-order valence-corrected chi connectivity index (χ4v) is 3.13. The number of nitrogens with zero attached hydrogens (tertiary/aromatic N) is 3. The first-order chi connectivity index (χ1) is 11.8. The number of para-hydroxylation sites is 1. The van der Waals surface area contributed by atoms with E-state index in [1.807, 2.05) is 42.5 Å². The molecule has 0 aliphatic heterocycles. The van der Waals surface area contributed by atoms with Crippen molar-refractivity contribution in [1.29, 1.82) is 0 Å². The highest BCUT2D eigenvalue weighted by Gasteiger charge is 2.09. The van der Waals surface area contributed by atoms with Crippen LogP contribution in [0.1, 0.15) is 5.89 Å². The van der Waals surface area contributed by atoms with Gasteiger partial charge in [0, 0.05) is 16.0 Å². The van der Waals surface area contributed by atoms with Crippen molar-refractivity contribution < 1.29 is 4.52 Å². The Morgan fingerprint density at radius 1 is 0.917 bits per heavy atom. The summed E-state index contributed by atoms with van der Waals surface area (Å²) in [5.74, 6) is 1.71. The van der Waals surface area contributed by atoms with Crippen molar-refractivity contribution in [3.63, 3.8) is 0 Å². The highest BCUT2D eigenvalue weighted by atomic mass is 35.5. The molecule has 0 N–H and O–H groups in total. The monoisotopic (exact) mass is 353 g/mol. The quantitative estimate of drug-likeness (QED) is 0.470. The first-order valence-corrected chi connectivity index (χ1v) is 8.71. The molecule has 0 aliphatic carbocycles. The average Bonchev–Trinajstić information content (AvgIpc) is 3.09. The second-order valence-electron chi connectivity index (χ2n) is 5.15. The number of hydrogen-bond donors (Lipinski definition) is 0. The van der Waals surface area contributed by atoms with Crippen molar-refractivity contribution in [1.82, 2.24) is 15.1 Å². The third kappa shape index (κ3) is 3.27. The van der Waals surface area contributed by atoms with Crippen LogP contribution < -0.4 is 0 Å². The maximum absolute atomic E-state index is 5.89. The molecule has 2 aromatic carbocycles. The normalized spacial score (nSPS) is 11.0. The number of thioether (sulfide) groups is 1. The van der Waals surface area contributed by atoms with E-state index in [9.17, 15) is 0 Å². The first-order valence-electron chi connectivity index (χ1n) is 7.35. The van der Waals surface area contributed by atoms with Crippen LogP contribution in [0.25, 0.3) is 22.3 Å². The molecule has 4 nitrogen and oxygen atoms in total. The molecule has 0 saturated heterocycles. The van der Waals surface area contributed by atoms with Gasteiger partial charge in [0.1, 0.15) is 0 Å². The summed E-state index contributed by atoms with van der Waals surface area (Å²) in [5.41, 5.74) is 1.86. The van der Waals surface area contributed by atoms with Gasteiger partial charge in [-0.3, -0.25) is 0 Å². The van der Waals surface area contributed by atoms with E-state index in [1.165, 1.54) is 0 Å². The molecule has 0 unspecified atom stereocenters. The van der Waals surface area contributed by atoms with Crippen LogP contribution >= 0.6 is 23.4 Å². The number of rotatable bonds is 4. The molecule has 6 heteroatoms. The van der Waals surface area contributed by atoms with Crippen molar-refractivity contribution in [2.45, 2.75) is 10.8 Å². The molecule has 0 radical (unpaired) electrons. The third-order valence-corrected chi connectivity index (χ3v) is 4.65. The SMILES string of the molecule is Clc1ccc(-c2noc(CSc3ccc4ccccc4n3)n2)cc1. The number of halogens is 1. The maximum atomic E-state index is 5.89. The van der Waals surface area contributed by atoms with Crippen LogP contribution in [0.15, 0.2) is 70.2 Å². The fraction of sp³-hybridized carbons (Fsp3) is 0.0556. The summed E-state index contributed by atoms with van der Waals surface area (Å²) in [4.78, 5) is 9.04. The lowest BCUT2D eigenvalue weighted by Crippen LogP contribution is -1.85. The summed E-state index contributed by atoms with van der Waals surface area (Å²) in [6.07, 6.45) is 0. The molecule has 0 amide bonds. The van der Waals surface area contributed by atoms with E-state index in [2.05, 4.69) is 21.2 Å². The van der Waals surface area contributed by atoms with Crippen molar-refractivity contribution in [3.05, 3.63) is 71.6 Å². The standard InChI is InChI=1S/C18H12ClN3OS/c19-14-8-5-13(6-9-14)18-21-16(23-22-18)11-24-17-10-7-12-3-1-2-4-15(12)20-17/h1-10H,11H2. The Hall–Kier alpha value is -2.37. The third-order valence-electron chi connectivity index (χ3n) is 3.49. The molecule has 0 atom stereocenters. The molecule has 0 aliphatic rings. The molecule has 0 fully saturated rings. The lowest BCUT2D eigenvalue weighted by atomic mass is 10.2. The molecule has 24 heavy (non-hydrogen) atoms. The summed E-state index contributed by atoms with van der Waals surface area (Å²) in [6, 6.07) is 19.5. The molecule has 2 heterocycles. The van der Waals surface area contributed by atoms with Crippen molar-refractivity contribution in [2.24, 2.45) is 0 Å². The number of pyridine rings is 1. The molecule has 0 spiro atoms. The van der Waals surface area contributed by atoms with Gasteiger partial charge in [0.25, 0.3) is 0 Å². The molecule has 118 valence electrons. The van der Waals surface area contributed by atoms with Crippen LogP contribution in [-0.4, -0.2) is 15.1 Å². The van der Waals surface area contributed by atoms with E-state index < -0.39 is 0 Å². The zero-order chi connectivity index (χ0) is 16.4. The van der Waals surface area contributed by atoms with Gasteiger partial charge in [-0.25, -0.2) is 4.98 Å². The minimum absolute atomic E-state index is 0.564. The molecule has 2 aromatic heterocycles. The Morgan fingerprint density at radius 3 is 2.62 bits per heavy atom. The summed E-state index contributed by atoms with van der Waals surface area (Å²) in [5, 5.41) is 6.76. The first kappa shape index (κ1) is 15.2. The summed E-state index contributed by atoms with van der Waals surface area (Å²) < 4.78 is 5.32. The van der Waals surface area contributed by atoms with E-state index in [0.29, 0.717) is 22.5 Å². The van der Waals surface area contributed by atoms with Gasteiger partial charge < -0.3 is 4.52 Å². The Kier molecular flexibility index (Phi) is 4.19. The summed E-state index contributed by atoms with van der Waals surface area (Å²) >= 11 is 7.46. The van der Waals surface area contributed by atoms with Gasteiger partial charge in [-0.1, -0.05) is 52.8 Å². The second kappa shape index (κ2) is 6.63. The second-order valence-corrected chi connectivity index (χ2v) is 6.58. The van der Waals surface area contributed by atoms with Crippen LogP contribution in [0.3, 0.4) is 0 Å². The van der Waals surface area contributed by atoms with Gasteiger partial charge in [-0.05, 0) is 36.4 Å². The van der Waals surface area contributed by atoms with Gasteiger partial charge in [0.2, 0.25) is 11.7 Å². The van der Waals surface area contributed by atoms with Crippen LogP contribution in [0.2, 0.25) is 5.02 Å². The number of benzene rings is 2. The predicted octanol–water partition coefficient (Wildman–Crippen LogP) is 5.23. The van der Waals surface area contributed by atoms with Gasteiger partial charge in [0.05, 0.1) is 16.3 Å². The summed E-state index contributed by atoms with van der Waals surface area (Å²) in [6.45, 7) is 0. The Balaban J connectivity index is 1.48. The molecule has 0 bridgehead atoms. The van der Waals surface area contributed by atoms with Gasteiger partial charge in [-0.2, -0.15) is 4.98 Å². The fourth-order valence-electron chi connectivity index (χ4n) is 2.29. The van der Waals surface area contributed by atoms with Gasteiger partial charge >= 0.3 is 0 Å². The Bertz CT molecular complexity index is 985. The lowest BCUT2D eigenvalue weighted by molar-refractivity contribution is 0.391. The maximum Gasteiger partial charge on any atom is 0.237 e. The van der Waals surface area contributed by atoms with Crippen LogP contribution in [-0.2, 0) is 5.75 Å². The van der Waals surface area contributed by atoms with E-state index in [0.717, 1.165) is 21.5 Å². The minimum atomic E-state index is 0.564. The smallest absolute Gasteiger partial charge is 0.237 e. The van der Waals surface area contributed by atoms with E-state index >= 15 is 0 Å². The molecular formula is C18H12ClN3OS. The Morgan fingerprint density at radius 2 is 1.75 bits per heavy atom. The largest absolute Gasteiger partial charge is 0.338 e. The van der Waals surface area contributed by atoms with E-state index in [4.69, 9.17) is 16.1 Å². The van der Waals surface area contributed by atoms with Crippen molar-refractivity contribution >= 4 is 34.3 Å². The van der Waals surface area contributed by atoms with Crippen LogP contribution in [0.5, 0.6) is 0 Å². The highest BCUT2D eigenvalue weighted by molar-refractivity contribution is 7.98. The number of aromatic nitrogens is 3. The average molecular weight is 354 g/mol. The van der Waals surface area contributed by atoms with Crippen molar-refractivity contribution in [3.8, 4) is 11.4 Å². The highest BCUT2D eigenvalue weighted by Crippen LogP contribution is 2.24. The zero-order valence-corrected chi connectivity index (χ0v) is 14.1. The number of fused-ring (bicyclic) bond motifs is 1. The topological polar surface area (TPSA) is 51.8 Å². The minimum Gasteiger partial charge on any atom is -0.338 e. The van der Waals surface area contributed by atoms with Gasteiger partial charge in [0.15, 0.2) is 0 Å². The molecule has 4 aromatic rings. The van der Waals surface area contributed by atoms with Crippen LogP contribution in [0.4, 0.5) is 0 Å². The lowest BCUT2D eigenvalue weighted by Gasteiger charge is -2.00. The van der Waals surface area contributed by atoms with Crippen molar-refractivity contribution in [2.75, 3.05) is 0 Å². The number of hydrogen-bond acceptors (Lipinski definition) is 5. The zero-order valence-electron chi connectivity index (χ0n) is 12.5. The Labute approximate surface area is 147 Å².